The van der Waals surface area contributed by atoms with Crippen LogP contribution in [0.25, 0.3) is 0 Å². The maximum absolute atomic E-state index is 15.3. The van der Waals surface area contributed by atoms with E-state index < -0.39 is 76.6 Å². The van der Waals surface area contributed by atoms with E-state index in [1.807, 2.05) is 20.0 Å². The molecule has 1 N–H and O–H groups in total. The van der Waals surface area contributed by atoms with Gasteiger partial charge in [-0.25, -0.2) is 19.2 Å². The van der Waals surface area contributed by atoms with E-state index in [1.54, 1.807) is 60.6 Å². The van der Waals surface area contributed by atoms with Crippen molar-refractivity contribution < 1.29 is 71.3 Å². The standard InChI is InChI=1S/C52H60N4O15S/c1-24(2)66-47(58)69-44-35-28(16-25(3)40(44)62-13)17-30-31(20-53)56-32-21-63-46(57)52(29-19-33(61-12)34(18-27(29)14-15-54-52)67-48(59)70-50(5,6)7)22-72-45(39(56)38(35)55(30)11)37-36(32)43-42(64-23-65-43)26(4)41(37)68-49(60)71-51(8,9)10/h16,18-19,30-32,38-39,45,54H,1,14-15,17,21-23H2,2-13H3/t30-,31-,32-,38-,39?,45+,52+/m0/s1. The second kappa shape index (κ2) is 18.6. The molecule has 7 aliphatic rings. The van der Waals surface area contributed by atoms with Gasteiger partial charge in [0.15, 0.2) is 40.0 Å². The molecule has 7 heterocycles. The van der Waals surface area contributed by atoms with Crippen LogP contribution < -0.4 is 38.5 Å². The van der Waals surface area contributed by atoms with E-state index in [4.69, 9.17) is 52.1 Å². The zero-order chi connectivity index (χ0) is 51.9. The van der Waals surface area contributed by atoms with Crippen LogP contribution in [0.1, 0.15) is 110 Å². The number of hydrogen-bond acceptors (Lipinski definition) is 20. The third-order valence-electron chi connectivity index (χ3n) is 13.8. The van der Waals surface area contributed by atoms with Gasteiger partial charge in [0.25, 0.3) is 0 Å². The third kappa shape index (κ3) is 8.66. The number of thioether (sulfide) groups is 1. The lowest BCUT2D eigenvalue weighted by Gasteiger charge is -2.62. The highest BCUT2D eigenvalue weighted by atomic mass is 32.2. The minimum Gasteiger partial charge on any atom is -0.493 e. The molecule has 0 amide bonds. The molecule has 3 aromatic carbocycles. The number of carbonyl (C=O) groups is 4. The molecule has 0 aliphatic carbocycles. The Morgan fingerprint density at radius 3 is 2.19 bits per heavy atom. The number of hydrogen-bond donors (Lipinski definition) is 1. The van der Waals surface area contributed by atoms with Crippen molar-refractivity contribution in [2.75, 3.05) is 47.0 Å². The second-order valence-electron chi connectivity index (χ2n) is 20.7. The molecule has 0 aromatic heterocycles. The number of ether oxygens (including phenoxy) is 11. The number of fused-ring (bicyclic) bond motifs is 9. The zero-order valence-corrected chi connectivity index (χ0v) is 43.3. The molecule has 4 bridgehead atoms. The Hall–Kier alpha value is -6.40. The molecule has 384 valence electrons. The van der Waals surface area contributed by atoms with Gasteiger partial charge in [-0.3, -0.25) is 15.1 Å². The molecular weight excluding hydrogens is 953 g/mol. The molecule has 2 fully saturated rings. The van der Waals surface area contributed by atoms with Gasteiger partial charge in [-0.15, -0.1) is 11.8 Å². The Balaban J connectivity index is 1.29. The maximum Gasteiger partial charge on any atom is 0.519 e. The normalized spacial score (nSPS) is 25.0. The molecule has 7 atom stereocenters. The van der Waals surface area contributed by atoms with Crippen molar-refractivity contribution in [1.29, 1.82) is 5.26 Å². The Bertz CT molecular complexity index is 2830. The number of nitrogens with zero attached hydrogens (tertiary/aromatic N) is 3. The molecule has 0 radical (unpaired) electrons. The summed E-state index contributed by atoms with van der Waals surface area (Å²) in [5, 5.41) is 14.2. The van der Waals surface area contributed by atoms with Gasteiger partial charge in [-0.1, -0.05) is 12.6 Å². The van der Waals surface area contributed by atoms with Crippen LogP contribution in [0.4, 0.5) is 14.4 Å². The van der Waals surface area contributed by atoms with Crippen LogP contribution in [0, 0.1) is 25.2 Å². The summed E-state index contributed by atoms with van der Waals surface area (Å²) in [6.45, 7) is 19.1. The first-order chi connectivity index (χ1) is 34.0. The monoisotopic (exact) mass is 1010 g/mol. The smallest absolute Gasteiger partial charge is 0.493 e. The first kappa shape index (κ1) is 50.5. The predicted octanol–water partition coefficient (Wildman–Crippen LogP) is 8.33. The van der Waals surface area contributed by atoms with Gasteiger partial charge >= 0.3 is 24.4 Å². The van der Waals surface area contributed by atoms with Crippen LogP contribution in [0.15, 0.2) is 30.5 Å². The molecule has 2 saturated heterocycles. The van der Waals surface area contributed by atoms with E-state index in [1.165, 1.54) is 32.9 Å². The molecule has 1 unspecified atom stereocenters. The number of methoxy groups -OCH3 is 2. The molecule has 7 aliphatic heterocycles. The summed E-state index contributed by atoms with van der Waals surface area (Å²) in [4.78, 5) is 60.1. The fourth-order valence-electron chi connectivity index (χ4n) is 11.1. The van der Waals surface area contributed by atoms with Crippen LogP contribution in [0.5, 0.6) is 40.2 Å². The molecular formula is C52H60N4O15S. The minimum absolute atomic E-state index is 0.00217. The number of nitriles is 1. The van der Waals surface area contributed by atoms with Gasteiger partial charge in [-0.05, 0) is 117 Å². The first-order valence-electron chi connectivity index (χ1n) is 23.7. The van der Waals surface area contributed by atoms with Crippen LogP contribution in [-0.2, 0) is 42.1 Å². The van der Waals surface area contributed by atoms with Crippen LogP contribution in [0.3, 0.4) is 0 Å². The average Bonchev–Trinajstić information content (AvgIpc) is 3.78. The summed E-state index contributed by atoms with van der Waals surface area (Å²) >= 11 is 1.39. The number of piperazine rings is 1. The van der Waals surface area contributed by atoms with E-state index in [9.17, 15) is 19.6 Å². The van der Waals surface area contributed by atoms with Gasteiger partial charge in [0.05, 0.1) is 37.6 Å². The molecule has 0 saturated carbocycles. The molecule has 72 heavy (non-hydrogen) atoms. The molecule has 1 spiro atoms. The van der Waals surface area contributed by atoms with Gasteiger partial charge in [0, 0.05) is 46.6 Å². The number of esters is 1. The van der Waals surface area contributed by atoms with Crippen LogP contribution >= 0.6 is 11.8 Å². The second-order valence-corrected chi connectivity index (χ2v) is 21.9. The van der Waals surface area contributed by atoms with Crippen molar-refractivity contribution in [3.63, 3.8) is 0 Å². The Morgan fingerprint density at radius 1 is 0.861 bits per heavy atom. The van der Waals surface area contributed by atoms with E-state index in [-0.39, 0.29) is 47.9 Å². The van der Waals surface area contributed by atoms with Gasteiger partial charge < -0.3 is 52.1 Å². The van der Waals surface area contributed by atoms with Gasteiger partial charge in [-0.2, -0.15) is 5.26 Å². The zero-order valence-electron chi connectivity index (χ0n) is 42.5. The van der Waals surface area contributed by atoms with Crippen molar-refractivity contribution in [3.8, 4) is 46.3 Å². The topological polar surface area (TPSA) is 212 Å². The summed E-state index contributed by atoms with van der Waals surface area (Å²) in [5.74, 6) is 1.10. The van der Waals surface area contributed by atoms with E-state index in [0.717, 1.165) is 5.56 Å². The average molecular weight is 1010 g/mol. The summed E-state index contributed by atoms with van der Waals surface area (Å²) in [7, 11) is 4.87. The molecule has 20 heteroatoms. The summed E-state index contributed by atoms with van der Waals surface area (Å²) < 4.78 is 65.7. The summed E-state index contributed by atoms with van der Waals surface area (Å²) in [6, 6.07) is 4.41. The summed E-state index contributed by atoms with van der Waals surface area (Å²) in [6.07, 6.45) is -2.10. The summed E-state index contributed by atoms with van der Waals surface area (Å²) in [5.41, 5.74) is 1.59. The van der Waals surface area contributed by atoms with E-state index in [0.29, 0.717) is 75.6 Å². The van der Waals surface area contributed by atoms with Crippen LogP contribution in [0.2, 0.25) is 0 Å². The van der Waals surface area contributed by atoms with E-state index in [2.05, 4.69) is 27.8 Å². The number of rotatable bonds is 6. The lowest BCUT2D eigenvalue weighted by Crippen LogP contribution is -2.69. The Labute approximate surface area is 422 Å². The van der Waals surface area contributed by atoms with Gasteiger partial charge in [0.2, 0.25) is 6.79 Å². The minimum atomic E-state index is -1.54. The largest absolute Gasteiger partial charge is 0.519 e. The van der Waals surface area contributed by atoms with E-state index >= 15 is 4.79 Å². The quantitative estimate of drug-likeness (QED) is 0.106. The molecule has 3 aromatic rings. The number of allylic oxidation sites excluding steroid dienone is 1. The third-order valence-corrected chi connectivity index (χ3v) is 15.2. The lowest BCUT2D eigenvalue weighted by molar-refractivity contribution is -0.157. The Kier molecular flexibility index (Phi) is 13.0. The number of aryl methyl sites for hydroxylation is 1. The van der Waals surface area contributed by atoms with Crippen molar-refractivity contribution in [3.05, 3.63) is 75.0 Å². The van der Waals surface area contributed by atoms with Crippen molar-refractivity contribution in [1.82, 2.24) is 15.1 Å². The fraction of sp³-hybridized carbons (Fsp3) is 0.519. The number of benzene rings is 3. The molecule has 19 nitrogen and oxygen atoms in total. The predicted molar refractivity (Wildman–Crippen MR) is 259 cm³/mol. The number of likely N-dealkylation sites (N-methyl/N-ethyl adjacent to an activating group) is 1. The maximum atomic E-state index is 15.3. The lowest BCUT2D eigenvalue weighted by atomic mass is 9.71. The van der Waals surface area contributed by atoms with Crippen molar-refractivity contribution in [2.24, 2.45) is 0 Å². The SMILES string of the molecule is C=C(C)OC(=O)Oc1c(OC)c(C)cc2c1[C@H]1C3[C@@H]4SC[C@]5(NCCc6cc(OC(=O)OC(C)(C)C)c(OC)cc65)C(=O)OC[C@@H](c5c6c(c(C)c(OC(=O)OC(C)(C)C)c54)OCO6)N3[C@@H](C#N)[C@H](C2)N1C. The first-order valence-corrected chi connectivity index (χ1v) is 24.7. The fourth-order valence-corrected chi connectivity index (χ4v) is 12.8. The van der Waals surface area contributed by atoms with Crippen molar-refractivity contribution in [2.45, 2.75) is 127 Å². The highest BCUT2D eigenvalue weighted by Gasteiger charge is 2.62. The number of nitrogens with one attached hydrogen (secondary N) is 1. The van der Waals surface area contributed by atoms with Gasteiger partial charge in [0.1, 0.15) is 35.4 Å². The Morgan fingerprint density at radius 2 is 1.54 bits per heavy atom. The number of carbonyl (C=O) groups excluding carboxylic acids is 4. The van der Waals surface area contributed by atoms with Crippen LogP contribution in [-0.4, -0.2) is 111 Å². The highest BCUT2D eigenvalue weighted by molar-refractivity contribution is 7.99. The van der Waals surface area contributed by atoms with Crippen molar-refractivity contribution >= 4 is 36.2 Å². The molecule has 10 rings (SSSR count). The highest BCUT2D eigenvalue weighted by Crippen LogP contribution is 2.65.